The first-order valence-electron chi connectivity index (χ1n) is 11.3. The summed E-state index contributed by atoms with van der Waals surface area (Å²) in [6.07, 6.45) is 0. The van der Waals surface area contributed by atoms with E-state index in [0.717, 1.165) is 45.8 Å². The van der Waals surface area contributed by atoms with Gasteiger partial charge in [-0.2, -0.15) is 0 Å². The predicted molar refractivity (Wildman–Crippen MR) is 127 cm³/mol. The van der Waals surface area contributed by atoms with Gasteiger partial charge in [-0.3, -0.25) is 19.4 Å². The molecule has 0 aliphatic carbocycles. The predicted octanol–water partition coefficient (Wildman–Crippen LogP) is 2.75. The summed E-state index contributed by atoms with van der Waals surface area (Å²) >= 11 is 5.91. The fourth-order valence-corrected chi connectivity index (χ4v) is 4.53. The fraction of sp³-hybridized carbons (Fsp3) is 0.440. The summed E-state index contributed by atoms with van der Waals surface area (Å²) in [6.45, 7) is 9.57. The van der Waals surface area contributed by atoms with Gasteiger partial charge in [-0.05, 0) is 36.8 Å². The maximum Gasteiger partial charge on any atom is 0.253 e. The Morgan fingerprint density at radius 2 is 1.44 bits per heavy atom. The number of hydrogen-bond acceptors (Lipinski definition) is 4. The number of halogens is 1. The van der Waals surface area contributed by atoms with E-state index in [4.69, 9.17) is 11.6 Å². The average molecular weight is 455 g/mol. The van der Waals surface area contributed by atoms with Crippen molar-refractivity contribution in [1.29, 1.82) is 0 Å². The van der Waals surface area contributed by atoms with Crippen molar-refractivity contribution in [2.45, 2.75) is 13.5 Å². The normalized spacial score (nSPS) is 18.1. The van der Waals surface area contributed by atoms with Gasteiger partial charge in [0.25, 0.3) is 5.91 Å². The maximum atomic E-state index is 12.8. The minimum absolute atomic E-state index is 0.0253. The molecule has 2 aromatic carbocycles. The molecule has 2 aromatic rings. The summed E-state index contributed by atoms with van der Waals surface area (Å²) in [4.78, 5) is 33.9. The Labute approximate surface area is 195 Å². The Morgan fingerprint density at radius 3 is 2.09 bits per heavy atom. The molecule has 170 valence electrons. The third-order valence-corrected chi connectivity index (χ3v) is 6.58. The van der Waals surface area contributed by atoms with E-state index in [-0.39, 0.29) is 11.8 Å². The van der Waals surface area contributed by atoms with Crippen LogP contribution in [-0.4, -0.2) is 90.3 Å². The molecule has 4 rings (SSSR count). The molecule has 6 nitrogen and oxygen atoms in total. The first-order valence-corrected chi connectivity index (χ1v) is 11.7. The first kappa shape index (κ1) is 22.8. The van der Waals surface area contributed by atoms with Crippen LogP contribution in [0.2, 0.25) is 5.02 Å². The van der Waals surface area contributed by atoms with Crippen molar-refractivity contribution in [2.75, 3.05) is 58.9 Å². The SMILES string of the molecule is Cc1cccc(CN2CCN(C(=O)CN3CCN(C(=O)c4ccc(Cl)cc4)CC3)CC2)c1. The van der Waals surface area contributed by atoms with Crippen molar-refractivity contribution in [3.8, 4) is 0 Å². The molecule has 0 radical (unpaired) electrons. The lowest BCUT2D eigenvalue weighted by atomic mass is 10.1. The number of carbonyl (C=O) groups excluding carboxylic acids is 2. The highest BCUT2D eigenvalue weighted by Gasteiger charge is 2.26. The van der Waals surface area contributed by atoms with Gasteiger partial charge in [0, 0.05) is 69.5 Å². The number of rotatable bonds is 5. The summed E-state index contributed by atoms with van der Waals surface area (Å²) in [5.74, 6) is 0.218. The third-order valence-electron chi connectivity index (χ3n) is 6.32. The van der Waals surface area contributed by atoms with Crippen molar-refractivity contribution in [1.82, 2.24) is 19.6 Å². The molecule has 0 bridgehead atoms. The highest BCUT2D eigenvalue weighted by molar-refractivity contribution is 6.30. The van der Waals surface area contributed by atoms with E-state index >= 15 is 0 Å². The minimum Gasteiger partial charge on any atom is -0.339 e. The number of amides is 2. The van der Waals surface area contributed by atoms with Crippen LogP contribution in [0.5, 0.6) is 0 Å². The largest absolute Gasteiger partial charge is 0.339 e. The van der Waals surface area contributed by atoms with Gasteiger partial charge in [-0.1, -0.05) is 41.4 Å². The summed E-state index contributed by atoms with van der Waals surface area (Å²) < 4.78 is 0. The van der Waals surface area contributed by atoms with E-state index in [1.807, 2.05) is 9.80 Å². The molecule has 32 heavy (non-hydrogen) atoms. The lowest BCUT2D eigenvalue weighted by molar-refractivity contribution is -0.134. The van der Waals surface area contributed by atoms with Crippen LogP contribution in [0.1, 0.15) is 21.5 Å². The number of benzene rings is 2. The highest BCUT2D eigenvalue weighted by atomic mass is 35.5. The molecule has 0 atom stereocenters. The van der Waals surface area contributed by atoms with Crippen LogP contribution in [0.4, 0.5) is 0 Å². The molecule has 0 saturated carbocycles. The molecule has 2 saturated heterocycles. The van der Waals surface area contributed by atoms with Gasteiger partial charge in [0.15, 0.2) is 0 Å². The zero-order valence-electron chi connectivity index (χ0n) is 18.7. The number of piperazine rings is 2. The zero-order chi connectivity index (χ0) is 22.5. The molecule has 0 aromatic heterocycles. The number of nitrogens with zero attached hydrogens (tertiary/aromatic N) is 4. The Bertz CT molecular complexity index is 933. The molecule has 2 aliphatic heterocycles. The topological polar surface area (TPSA) is 47.1 Å². The minimum atomic E-state index is 0.0253. The smallest absolute Gasteiger partial charge is 0.253 e. The van der Waals surface area contributed by atoms with Gasteiger partial charge in [-0.25, -0.2) is 0 Å². The molecule has 0 spiro atoms. The van der Waals surface area contributed by atoms with Crippen LogP contribution in [0.15, 0.2) is 48.5 Å². The number of aryl methyl sites for hydroxylation is 1. The van der Waals surface area contributed by atoms with Crippen LogP contribution >= 0.6 is 11.6 Å². The van der Waals surface area contributed by atoms with Crippen molar-refractivity contribution in [3.63, 3.8) is 0 Å². The van der Waals surface area contributed by atoms with Crippen LogP contribution in [0.3, 0.4) is 0 Å². The highest BCUT2D eigenvalue weighted by Crippen LogP contribution is 2.14. The van der Waals surface area contributed by atoms with Crippen molar-refractivity contribution >= 4 is 23.4 Å². The van der Waals surface area contributed by atoms with E-state index in [2.05, 4.69) is 41.0 Å². The summed E-state index contributed by atoms with van der Waals surface area (Å²) in [5.41, 5.74) is 3.27. The quantitative estimate of drug-likeness (QED) is 0.697. The van der Waals surface area contributed by atoms with Crippen LogP contribution in [-0.2, 0) is 11.3 Å². The lowest BCUT2D eigenvalue weighted by Gasteiger charge is -2.38. The van der Waals surface area contributed by atoms with E-state index in [1.165, 1.54) is 11.1 Å². The Balaban J connectivity index is 1.19. The molecule has 0 N–H and O–H groups in total. The summed E-state index contributed by atoms with van der Waals surface area (Å²) in [7, 11) is 0. The number of carbonyl (C=O) groups is 2. The van der Waals surface area contributed by atoms with Crippen LogP contribution < -0.4 is 0 Å². The summed E-state index contributed by atoms with van der Waals surface area (Å²) in [6, 6.07) is 15.6. The molecule has 2 aliphatic rings. The Kier molecular flexibility index (Phi) is 7.45. The standard InChI is InChI=1S/C25H31ClN4O2/c1-20-3-2-4-21(17-20)18-27-9-13-29(14-10-27)24(31)19-28-11-15-30(16-12-28)25(32)22-5-7-23(26)8-6-22/h2-8,17H,9-16,18-19H2,1H3. The van der Waals surface area contributed by atoms with Gasteiger partial charge in [0.1, 0.15) is 0 Å². The molecule has 2 amide bonds. The number of hydrogen-bond donors (Lipinski definition) is 0. The second kappa shape index (κ2) is 10.5. The third kappa shape index (κ3) is 5.88. The second-order valence-corrected chi connectivity index (χ2v) is 9.16. The van der Waals surface area contributed by atoms with Gasteiger partial charge < -0.3 is 9.80 Å². The first-order chi connectivity index (χ1) is 15.5. The average Bonchev–Trinajstić information content (AvgIpc) is 2.80. The van der Waals surface area contributed by atoms with Gasteiger partial charge >= 0.3 is 0 Å². The van der Waals surface area contributed by atoms with Gasteiger partial charge in [-0.15, -0.1) is 0 Å². The molecule has 2 fully saturated rings. The molecule has 0 unspecified atom stereocenters. The molecule has 7 heteroatoms. The van der Waals surface area contributed by atoms with Crippen molar-refractivity contribution in [2.24, 2.45) is 0 Å². The second-order valence-electron chi connectivity index (χ2n) is 8.72. The van der Waals surface area contributed by atoms with Gasteiger partial charge in [0.05, 0.1) is 6.54 Å². The Hall–Kier alpha value is -2.41. The van der Waals surface area contributed by atoms with Crippen molar-refractivity contribution in [3.05, 3.63) is 70.2 Å². The van der Waals surface area contributed by atoms with E-state index in [1.54, 1.807) is 24.3 Å². The maximum absolute atomic E-state index is 12.8. The van der Waals surface area contributed by atoms with E-state index < -0.39 is 0 Å². The fourth-order valence-electron chi connectivity index (χ4n) is 4.40. The molecular weight excluding hydrogens is 424 g/mol. The van der Waals surface area contributed by atoms with Crippen molar-refractivity contribution < 1.29 is 9.59 Å². The van der Waals surface area contributed by atoms with Crippen LogP contribution in [0.25, 0.3) is 0 Å². The molecular formula is C25H31ClN4O2. The van der Waals surface area contributed by atoms with E-state index in [0.29, 0.717) is 30.2 Å². The van der Waals surface area contributed by atoms with E-state index in [9.17, 15) is 9.59 Å². The zero-order valence-corrected chi connectivity index (χ0v) is 19.4. The molecule has 2 heterocycles. The summed E-state index contributed by atoms with van der Waals surface area (Å²) in [5, 5.41) is 0.626. The Morgan fingerprint density at radius 1 is 0.812 bits per heavy atom. The lowest BCUT2D eigenvalue weighted by Crippen LogP contribution is -2.54. The van der Waals surface area contributed by atoms with Gasteiger partial charge in [0.2, 0.25) is 5.91 Å². The monoisotopic (exact) mass is 454 g/mol. The van der Waals surface area contributed by atoms with Crippen LogP contribution in [0, 0.1) is 6.92 Å².